The Morgan fingerprint density at radius 3 is 2.47 bits per heavy atom. The molecule has 19 heavy (non-hydrogen) atoms. The number of carbonyl (C=O) groups is 1. The first-order valence-corrected chi connectivity index (χ1v) is 7.67. The summed E-state index contributed by atoms with van der Waals surface area (Å²) in [6, 6.07) is 6.97. The van der Waals surface area contributed by atoms with E-state index in [-0.39, 0.29) is 6.03 Å². The van der Waals surface area contributed by atoms with Crippen LogP contribution >= 0.6 is 11.8 Å². The Morgan fingerprint density at radius 2 is 1.95 bits per heavy atom. The van der Waals surface area contributed by atoms with Crippen molar-refractivity contribution < 1.29 is 9.90 Å². The average Bonchev–Trinajstić information content (AvgIpc) is 2.39. The number of anilines is 1. The maximum atomic E-state index is 11.6. The van der Waals surface area contributed by atoms with Gasteiger partial charge < -0.3 is 15.7 Å². The summed E-state index contributed by atoms with van der Waals surface area (Å²) in [5, 5.41) is 15.5. The molecule has 1 aromatic carbocycles. The molecule has 0 saturated carbocycles. The van der Waals surface area contributed by atoms with Gasteiger partial charge in [0.1, 0.15) is 0 Å². The van der Waals surface area contributed by atoms with E-state index < -0.39 is 6.10 Å². The maximum absolute atomic E-state index is 11.6. The van der Waals surface area contributed by atoms with E-state index in [2.05, 4.69) is 23.8 Å². The Hall–Kier alpha value is -1.20. The zero-order valence-corrected chi connectivity index (χ0v) is 12.5. The quantitative estimate of drug-likeness (QED) is 0.751. The van der Waals surface area contributed by atoms with Crippen LogP contribution in [0, 0.1) is 0 Å². The highest BCUT2D eigenvalue weighted by molar-refractivity contribution is 7.99. The number of urea groups is 1. The van der Waals surface area contributed by atoms with E-state index in [4.69, 9.17) is 0 Å². The van der Waals surface area contributed by atoms with E-state index in [1.807, 2.05) is 0 Å². The third kappa shape index (κ3) is 5.98. The molecule has 2 unspecified atom stereocenters. The van der Waals surface area contributed by atoms with Crippen molar-refractivity contribution in [1.29, 1.82) is 0 Å². The Labute approximate surface area is 119 Å². The number of rotatable bonds is 6. The summed E-state index contributed by atoms with van der Waals surface area (Å²) >= 11 is 1.79. The second-order valence-electron chi connectivity index (χ2n) is 4.51. The van der Waals surface area contributed by atoms with Crippen LogP contribution in [0.15, 0.2) is 24.3 Å². The fraction of sp³-hybridized carbons (Fsp3) is 0.500. The monoisotopic (exact) mass is 282 g/mol. The van der Waals surface area contributed by atoms with Crippen molar-refractivity contribution in [3.8, 4) is 0 Å². The molecule has 0 radical (unpaired) electrons. The zero-order chi connectivity index (χ0) is 14.3. The molecule has 0 bridgehead atoms. The predicted molar refractivity (Wildman–Crippen MR) is 81.7 cm³/mol. The fourth-order valence-electron chi connectivity index (χ4n) is 1.53. The number of aliphatic hydroxyl groups is 1. The van der Waals surface area contributed by atoms with Gasteiger partial charge in [-0.25, -0.2) is 4.79 Å². The van der Waals surface area contributed by atoms with Gasteiger partial charge in [0.25, 0.3) is 0 Å². The number of hydrogen-bond acceptors (Lipinski definition) is 3. The largest absolute Gasteiger partial charge is 0.389 e. The third-order valence-electron chi connectivity index (χ3n) is 2.89. The second kappa shape index (κ2) is 8.07. The van der Waals surface area contributed by atoms with E-state index in [0.29, 0.717) is 11.8 Å². The first-order chi connectivity index (χ1) is 9.02. The summed E-state index contributed by atoms with van der Waals surface area (Å²) in [6.07, 6.45) is 2.53. The molecule has 2 amide bonds. The topological polar surface area (TPSA) is 61.4 Å². The number of thioether (sulfide) groups is 1. The van der Waals surface area contributed by atoms with Crippen LogP contribution in [0.4, 0.5) is 10.5 Å². The van der Waals surface area contributed by atoms with Crippen LogP contribution in [0.2, 0.25) is 0 Å². The van der Waals surface area contributed by atoms with Gasteiger partial charge in [-0.1, -0.05) is 19.1 Å². The minimum atomic E-state index is -0.490. The SMILES string of the molecule is CSC(C)CCNC(=O)Nc1ccc(C(C)O)cc1. The fourth-order valence-corrected chi connectivity index (χ4v) is 1.88. The van der Waals surface area contributed by atoms with Crippen LogP contribution in [-0.4, -0.2) is 29.2 Å². The smallest absolute Gasteiger partial charge is 0.319 e. The minimum absolute atomic E-state index is 0.196. The summed E-state index contributed by atoms with van der Waals surface area (Å²) in [5.74, 6) is 0. The molecule has 106 valence electrons. The van der Waals surface area contributed by atoms with Gasteiger partial charge in [0.2, 0.25) is 0 Å². The molecule has 0 saturated heterocycles. The summed E-state index contributed by atoms with van der Waals surface area (Å²) in [6.45, 7) is 4.51. The van der Waals surface area contributed by atoms with Crippen molar-refractivity contribution in [3.05, 3.63) is 29.8 Å². The van der Waals surface area contributed by atoms with Gasteiger partial charge in [0.15, 0.2) is 0 Å². The van der Waals surface area contributed by atoms with Gasteiger partial charge in [0, 0.05) is 17.5 Å². The van der Waals surface area contributed by atoms with Crippen molar-refractivity contribution in [2.45, 2.75) is 31.6 Å². The van der Waals surface area contributed by atoms with E-state index in [1.165, 1.54) is 0 Å². The maximum Gasteiger partial charge on any atom is 0.319 e. The van der Waals surface area contributed by atoms with E-state index in [9.17, 15) is 9.90 Å². The average molecular weight is 282 g/mol. The number of benzene rings is 1. The first kappa shape index (κ1) is 15.9. The van der Waals surface area contributed by atoms with Crippen molar-refractivity contribution >= 4 is 23.5 Å². The van der Waals surface area contributed by atoms with E-state index in [1.54, 1.807) is 43.0 Å². The number of amides is 2. The molecule has 0 aliphatic heterocycles. The zero-order valence-electron chi connectivity index (χ0n) is 11.6. The molecule has 0 aromatic heterocycles. The first-order valence-electron chi connectivity index (χ1n) is 6.38. The summed E-state index contributed by atoms with van der Waals surface area (Å²) in [4.78, 5) is 11.6. The lowest BCUT2D eigenvalue weighted by Gasteiger charge is -2.11. The highest BCUT2D eigenvalue weighted by Crippen LogP contribution is 2.15. The lowest BCUT2D eigenvalue weighted by atomic mass is 10.1. The highest BCUT2D eigenvalue weighted by Gasteiger charge is 2.04. The van der Waals surface area contributed by atoms with Crippen molar-refractivity contribution in [1.82, 2.24) is 5.32 Å². The van der Waals surface area contributed by atoms with Crippen molar-refractivity contribution in [3.63, 3.8) is 0 Å². The van der Waals surface area contributed by atoms with Gasteiger partial charge in [0.05, 0.1) is 6.10 Å². The Bertz CT molecular complexity index is 393. The molecule has 3 N–H and O–H groups in total. The van der Waals surface area contributed by atoms with Gasteiger partial charge in [-0.15, -0.1) is 0 Å². The number of aliphatic hydroxyl groups excluding tert-OH is 1. The van der Waals surface area contributed by atoms with Crippen LogP contribution in [0.1, 0.15) is 31.9 Å². The minimum Gasteiger partial charge on any atom is -0.389 e. The standard InChI is InChI=1S/C14H22N2O2S/c1-10(19-3)8-9-15-14(18)16-13-6-4-12(5-7-13)11(2)17/h4-7,10-11,17H,8-9H2,1-3H3,(H2,15,16,18). The Balaban J connectivity index is 2.36. The van der Waals surface area contributed by atoms with E-state index >= 15 is 0 Å². The summed E-state index contributed by atoms with van der Waals surface area (Å²) < 4.78 is 0. The van der Waals surface area contributed by atoms with Crippen molar-refractivity contribution in [2.24, 2.45) is 0 Å². The molecule has 0 aliphatic rings. The van der Waals surface area contributed by atoms with Crippen LogP contribution in [-0.2, 0) is 0 Å². The Morgan fingerprint density at radius 1 is 1.32 bits per heavy atom. The predicted octanol–water partition coefficient (Wildman–Crippen LogP) is 3.00. The lowest BCUT2D eigenvalue weighted by Crippen LogP contribution is -2.30. The summed E-state index contributed by atoms with van der Waals surface area (Å²) in [7, 11) is 0. The molecule has 5 heteroatoms. The molecule has 1 aromatic rings. The van der Waals surface area contributed by atoms with Gasteiger partial charge in [-0.05, 0) is 37.3 Å². The van der Waals surface area contributed by atoms with Gasteiger partial charge in [-0.3, -0.25) is 0 Å². The van der Waals surface area contributed by atoms with E-state index in [0.717, 1.165) is 17.7 Å². The molecule has 4 nitrogen and oxygen atoms in total. The van der Waals surface area contributed by atoms with Gasteiger partial charge in [-0.2, -0.15) is 11.8 Å². The molecule has 0 heterocycles. The normalized spacial score (nSPS) is 13.7. The Kier molecular flexibility index (Phi) is 6.73. The van der Waals surface area contributed by atoms with Crippen LogP contribution in [0.3, 0.4) is 0 Å². The molecule has 0 aliphatic carbocycles. The highest BCUT2D eigenvalue weighted by atomic mass is 32.2. The molecule has 0 fully saturated rings. The van der Waals surface area contributed by atoms with Crippen LogP contribution in [0.5, 0.6) is 0 Å². The molecule has 0 spiro atoms. The van der Waals surface area contributed by atoms with Gasteiger partial charge >= 0.3 is 6.03 Å². The number of carbonyl (C=O) groups excluding carboxylic acids is 1. The molecule has 1 rings (SSSR count). The second-order valence-corrected chi connectivity index (χ2v) is 5.79. The molecular weight excluding hydrogens is 260 g/mol. The van der Waals surface area contributed by atoms with Crippen LogP contribution in [0.25, 0.3) is 0 Å². The lowest BCUT2D eigenvalue weighted by molar-refractivity contribution is 0.199. The third-order valence-corrected chi connectivity index (χ3v) is 3.93. The number of nitrogens with one attached hydrogen (secondary N) is 2. The molecular formula is C14H22N2O2S. The summed E-state index contributed by atoms with van der Waals surface area (Å²) in [5.41, 5.74) is 1.56. The van der Waals surface area contributed by atoms with Crippen molar-refractivity contribution in [2.75, 3.05) is 18.1 Å². The number of hydrogen-bond donors (Lipinski definition) is 3. The van der Waals surface area contributed by atoms with Crippen LogP contribution < -0.4 is 10.6 Å². The molecule has 2 atom stereocenters.